The maximum Gasteiger partial charge on any atom is 0.226 e. The van der Waals surface area contributed by atoms with Gasteiger partial charge in [0.2, 0.25) is 5.28 Å². The molecule has 0 radical (unpaired) electrons. The highest BCUT2D eigenvalue weighted by Gasteiger charge is 2.19. The largest absolute Gasteiger partial charge is 0.351 e. The summed E-state index contributed by atoms with van der Waals surface area (Å²) in [6, 6.07) is 19.9. The van der Waals surface area contributed by atoms with Gasteiger partial charge in [-0.3, -0.25) is 0 Å². The molecule has 0 bridgehead atoms. The molecule has 0 amide bonds. The average molecular weight is 410 g/mol. The summed E-state index contributed by atoms with van der Waals surface area (Å²) in [4.78, 5) is 20.0. The lowest BCUT2D eigenvalue weighted by Gasteiger charge is -2.23. The summed E-state index contributed by atoms with van der Waals surface area (Å²) in [7, 11) is 0. The third-order valence-corrected chi connectivity index (χ3v) is 4.82. The second kappa shape index (κ2) is 8.09. The molecule has 0 aliphatic carbocycles. The van der Waals surface area contributed by atoms with Crippen molar-refractivity contribution in [2.45, 2.75) is 13.5 Å². The van der Waals surface area contributed by atoms with Crippen molar-refractivity contribution in [1.82, 2.24) is 19.9 Å². The summed E-state index contributed by atoms with van der Waals surface area (Å²) < 4.78 is 0. The van der Waals surface area contributed by atoms with Gasteiger partial charge < -0.3 is 4.90 Å². The van der Waals surface area contributed by atoms with E-state index in [0.717, 1.165) is 17.7 Å². The summed E-state index contributed by atoms with van der Waals surface area (Å²) in [5.74, 6) is 0.641. The maximum absolute atomic E-state index is 6.39. The molecule has 7 heteroatoms. The van der Waals surface area contributed by atoms with E-state index in [2.05, 4.69) is 38.9 Å². The molecule has 2 heterocycles. The average Bonchev–Trinajstić information content (AvgIpc) is 2.72. The van der Waals surface area contributed by atoms with Gasteiger partial charge in [-0.25, -0.2) is 9.97 Å². The van der Waals surface area contributed by atoms with Crippen LogP contribution in [-0.4, -0.2) is 26.5 Å². The van der Waals surface area contributed by atoms with Crippen LogP contribution in [0.4, 0.5) is 5.82 Å². The molecule has 0 atom stereocenters. The van der Waals surface area contributed by atoms with E-state index < -0.39 is 0 Å². The molecule has 2 aromatic heterocycles. The van der Waals surface area contributed by atoms with Gasteiger partial charge in [0.15, 0.2) is 22.1 Å². The fraction of sp³-hybridized carbons (Fsp3) is 0.143. The molecule has 0 saturated heterocycles. The first kappa shape index (κ1) is 18.6. The molecule has 140 valence electrons. The zero-order chi connectivity index (χ0) is 19.5. The van der Waals surface area contributed by atoms with Gasteiger partial charge >= 0.3 is 0 Å². The number of anilines is 1. The fourth-order valence-electron chi connectivity index (χ4n) is 3.03. The minimum Gasteiger partial charge on any atom is -0.351 e. The van der Waals surface area contributed by atoms with Gasteiger partial charge in [0.05, 0.1) is 0 Å². The second-order valence-electron chi connectivity index (χ2n) is 6.22. The van der Waals surface area contributed by atoms with E-state index in [1.807, 2.05) is 48.5 Å². The summed E-state index contributed by atoms with van der Waals surface area (Å²) in [5, 5.41) is 0.400. The van der Waals surface area contributed by atoms with E-state index in [-0.39, 0.29) is 10.4 Å². The summed E-state index contributed by atoms with van der Waals surface area (Å²) in [5.41, 5.74) is 3.60. The van der Waals surface area contributed by atoms with Crippen LogP contribution in [0.5, 0.6) is 0 Å². The smallest absolute Gasteiger partial charge is 0.226 e. The Morgan fingerprint density at radius 2 is 1.50 bits per heavy atom. The van der Waals surface area contributed by atoms with E-state index >= 15 is 0 Å². The third kappa shape index (κ3) is 3.77. The maximum atomic E-state index is 6.39. The van der Waals surface area contributed by atoms with E-state index in [1.165, 1.54) is 0 Å². The van der Waals surface area contributed by atoms with Crippen molar-refractivity contribution in [3.05, 3.63) is 76.7 Å². The third-order valence-electron chi connectivity index (χ3n) is 4.39. The Balaban J connectivity index is 1.87. The van der Waals surface area contributed by atoms with Crippen molar-refractivity contribution >= 4 is 40.2 Å². The summed E-state index contributed by atoms with van der Waals surface area (Å²) in [6.07, 6.45) is 0. The molecule has 28 heavy (non-hydrogen) atoms. The second-order valence-corrected chi connectivity index (χ2v) is 6.91. The van der Waals surface area contributed by atoms with Crippen molar-refractivity contribution in [1.29, 1.82) is 0 Å². The molecule has 0 aliphatic rings. The van der Waals surface area contributed by atoms with Crippen LogP contribution in [-0.2, 0) is 6.54 Å². The van der Waals surface area contributed by atoms with Gasteiger partial charge in [0.1, 0.15) is 5.69 Å². The lowest BCUT2D eigenvalue weighted by atomic mass is 10.1. The lowest BCUT2D eigenvalue weighted by molar-refractivity contribution is 0.814. The molecule has 0 unspecified atom stereocenters. The number of hydrogen-bond donors (Lipinski definition) is 0. The zero-order valence-electron chi connectivity index (χ0n) is 15.2. The van der Waals surface area contributed by atoms with Gasteiger partial charge in [0, 0.05) is 18.7 Å². The first-order valence-electron chi connectivity index (χ1n) is 8.90. The van der Waals surface area contributed by atoms with Crippen LogP contribution in [0.15, 0.2) is 60.7 Å². The Kier molecular flexibility index (Phi) is 5.37. The quantitative estimate of drug-likeness (QED) is 0.411. The SMILES string of the molecule is CCN(Cc1ccccc1)c1nc(Cl)nc2nc(Cl)c(-c3ccccc3)nc12. The number of aromatic nitrogens is 4. The standard InChI is InChI=1S/C21H17Cl2N5/c1-2-28(13-14-9-5-3-6-10-14)20-17-19(26-21(23)27-20)25-18(22)16(24-17)15-11-7-4-8-12-15/h3-12H,2,13H2,1H3. The van der Waals surface area contributed by atoms with Crippen LogP contribution in [0.1, 0.15) is 12.5 Å². The molecule has 0 fully saturated rings. The van der Waals surface area contributed by atoms with Gasteiger partial charge in [0.25, 0.3) is 0 Å². The van der Waals surface area contributed by atoms with E-state index in [0.29, 0.717) is 29.2 Å². The molecular formula is C21H17Cl2N5. The van der Waals surface area contributed by atoms with Crippen LogP contribution in [0.3, 0.4) is 0 Å². The molecule has 0 aliphatic heterocycles. The van der Waals surface area contributed by atoms with Crippen LogP contribution < -0.4 is 4.90 Å². The Morgan fingerprint density at radius 3 is 2.18 bits per heavy atom. The van der Waals surface area contributed by atoms with Crippen molar-refractivity contribution in [3.8, 4) is 11.3 Å². The fourth-order valence-corrected chi connectivity index (χ4v) is 3.42. The highest BCUT2D eigenvalue weighted by atomic mass is 35.5. The first-order chi connectivity index (χ1) is 13.7. The lowest BCUT2D eigenvalue weighted by Crippen LogP contribution is -2.24. The van der Waals surface area contributed by atoms with Crippen molar-refractivity contribution in [3.63, 3.8) is 0 Å². The van der Waals surface area contributed by atoms with E-state index in [1.54, 1.807) is 0 Å². The van der Waals surface area contributed by atoms with Crippen LogP contribution >= 0.6 is 23.2 Å². The highest BCUT2D eigenvalue weighted by molar-refractivity contribution is 6.32. The van der Waals surface area contributed by atoms with Gasteiger partial charge in [-0.1, -0.05) is 72.3 Å². The molecular weight excluding hydrogens is 393 g/mol. The van der Waals surface area contributed by atoms with Crippen LogP contribution in [0.2, 0.25) is 10.4 Å². The van der Waals surface area contributed by atoms with Crippen LogP contribution in [0, 0.1) is 0 Å². The number of halogens is 2. The van der Waals surface area contributed by atoms with Crippen molar-refractivity contribution in [2.24, 2.45) is 0 Å². The van der Waals surface area contributed by atoms with Crippen molar-refractivity contribution in [2.75, 3.05) is 11.4 Å². The van der Waals surface area contributed by atoms with E-state index in [4.69, 9.17) is 28.2 Å². The topological polar surface area (TPSA) is 54.8 Å². The molecule has 0 N–H and O–H groups in total. The first-order valence-corrected chi connectivity index (χ1v) is 9.66. The Morgan fingerprint density at radius 1 is 0.821 bits per heavy atom. The minimum absolute atomic E-state index is 0.117. The summed E-state index contributed by atoms with van der Waals surface area (Å²) >= 11 is 12.6. The van der Waals surface area contributed by atoms with Gasteiger partial charge in [-0.05, 0) is 24.1 Å². The molecule has 4 aromatic rings. The molecule has 0 spiro atoms. The number of hydrogen-bond acceptors (Lipinski definition) is 5. The highest BCUT2D eigenvalue weighted by Crippen LogP contribution is 2.30. The van der Waals surface area contributed by atoms with Crippen molar-refractivity contribution < 1.29 is 0 Å². The minimum atomic E-state index is 0.117. The normalized spacial score (nSPS) is 11.0. The summed E-state index contributed by atoms with van der Waals surface area (Å²) in [6.45, 7) is 3.46. The van der Waals surface area contributed by atoms with Crippen LogP contribution in [0.25, 0.3) is 22.4 Å². The number of benzene rings is 2. The molecule has 4 rings (SSSR count). The van der Waals surface area contributed by atoms with E-state index in [9.17, 15) is 0 Å². The molecule has 5 nitrogen and oxygen atoms in total. The number of fused-ring (bicyclic) bond motifs is 1. The Labute approximate surface area is 173 Å². The predicted molar refractivity (Wildman–Crippen MR) is 114 cm³/mol. The Bertz CT molecular complexity index is 1100. The number of nitrogens with zero attached hydrogens (tertiary/aromatic N) is 5. The van der Waals surface area contributed by atoms with Gasteiger partial charge in [-0.2, -0.15) is 9.97 Å². The monoisotopic (exact) mass is 409 g/mol. The zero-order valence-corrected chi connectivity index (χ0v) is 16.7. The number of rotatable bonds is 5. The van der Waals surface area contributed by atoms with Gasteiger partial charge in [-0.15, -0.1) is 0 Å². The molecule has 2 aromatic carbocycles. The Hall–Kier alpha value is -2.76. The predicted octanol–water partition coefficient (Wildman–Crippen LogP) is 5.42. The molecule has 0 saturated carbocycles.